The number of hydrogen-bond donors (Lipinski definition) is 1. The smallest absolute Gasteiger partial charge is 0.221 e. The molecule has 2 nitrogen and oxygen atoms in total. The SMILES string of the molecule is C[C@H]1C=C(CC(N)=O)C=CC1. The molecule has 1 aliphatic rings. The van der Waals surface area contributed by atoms with Crippen LogP contribution >= 0.6 is 0 Å². The normalized spacial score (nSPS) is 23.0. The fourth-order valence-corrected chi connectivity index (χ4v) is 1.24. The fraction of sp³-hybridized carbons (Fsp3) is 0.444. The molecule has 0 aliphatic heterocycles. The van der Waals surface area contributed by atoms with E-state index in [1.807, 2.05) is 6.08 Å². The van der Waals surface area contributed by atoms with Crippen molar-refractivity contribution in [2.24, 2.45) is 11.7 Å². The predicted molar refractivity (Wildman–Crippen MR) is 44.8 cm³/mol. The van der Waals surface area contributed by atoms with Gasteiger partial charge in [-0.2, -0.15) is 0 Å². The molecule has 1 aliphatic carbocycles. The average Bonchev–Trinajstić information content (AvgIpc) is 1.85. The zero-order valence-corrected chi connectivity index (χ0v) is 6.71. The molecular formula is C9H13NO. The molecule has 0 spiro atoms. The number of primary amides is 1. The molecule has 60 valence electrons. The lowest BCUT2D eigenvalue weighted by Gasteiger charge is -2.10. The van der Waals surface area contributed by atoms with Gasteiger partial charge in [0.1, 0.15) is 0 Å². The van der Waals surface area contributed by atoms with Crippen LogP contribution in [-0.4, -0.2) is 5.91 Å². The van der Waals surface area contributed by atoms with Crippen LogP contribution in [0.15, 0.2) is 23.8 Å². The minimum atomic E-state index is -0.255. The molecule has 0 radical (unpaired) electrons. The second-order valence-electron chi connectivity index (χ2n) is 3.00. The van der Waals surface area contributed by atoms with Gasteiger partial charge in [-0.1, -0.05) is 25.2 Å². The molecule has 0 aromatic heterocycles. The molecule has 0 heterocycles. The predicted octanol–water partition coefficient (Wildman–Crippen LogP) is 1.38. The summed E-state index contributed by atoms with van der Waals surface area (Å²) in [7, 11) is 0. The summed E-state index contributed by atoms with van der Waals surface area (Å²) in [6, 6.07) is 0. The second-order valence-corrected chi connectivity index (χ2v) is 3.00. The molecule has 1 amide bonds. The highest BCUT2D eigenvalue weighted by atomic mass is 16.1. The molecule has 0 unspecified atom stereocenters. The van der Waals surface area contributed by atoms with Crippen molar-refractivity contribution in [1.29, 1.82) is 0 Å². The third kappa shape index (κ3) is 2.58. The van der Waals surface area contributed by atoms with Gasteiger partial charge in [-0.15, -0.1) is 0 Å². The first-order valence-corrected chi connectivity index (χ1v) is 3.84. The number of rotatable bonds is 2. The Kier molecular flexibility index (Phi) is 2.47. The molecule has 2 N–H and O–H groups in total. The van der Waals surface area contributed by atoms with Gasteiger partial charge in [0.2, 0.25) is 5.91 Å². The summed E-state index contributed by atoms with van der Waals surface area (Å²) in [5.74, 6) is 0.296. The largest absolute Gasteiger partial charge is 0.369 e. The van der Waals surface area contributed by atoms with Crippen LogP contribution in [0.4, 0.5) is 0 Å². The molecule has 0 saturated carbocycles. The number of nitrogens with two attached hydrogens (primary N) is 1. The van der Waals surface area contributed by atoms with Crippen LogP contribution < -0.4 is 5.73 Å². The lowest BCUT2D eigenvalue weighted by atomic mass is 9.96. The summed E-state index contributed by atoms with van der Waals surface area (Å²) in [6.07, 6.45) is 7.61. The van der Waals surface area contributed by atoms with E-state index in [4.69, 9.17) is 5.73 Å². The van der Waals surface area contributed by atoms with Gasteiger partial charge < -0.3 is 5.73 Å². The fourth-order valence-electron chi connectivity index (χ4n) is 1.24. The standard InChI is InChI=1S/C9H13NO/c1-7-3-2-4-8(5-7)6-9(10)11/h2,4-5,7H,3,6H2,1H3,(H2,10,11)/t7-/m1/s1. The Morgan fingerprint density at radius 2 is 2.55 bits per heavy atom. The van der Waals surface area contributed by atoms with E-state index < -0.39 is 0 Å². The highest BCUT2D eigenvalue weighted by Crippen LogP contribution is 2.17. The second kappa shape index (κ2) is 3.37. The van der Waals surface area contributed by atoms with Crippen LogP contribution in [0.3, 0.4) is 0 Å². The van der Waals surface area contributed by atoms with Crippen LogP contribution in [0.1, 0.15) is 19.8 Å². The summed E-state index contributed by atoms with van der Waals surface area (Å²) in [5, 5.41) is 0. The van der Waals surface area contributed by atoms with Crippen LogP contribution in [0.25, 0.3) is 0 Å². The zero-order valence-electron chi connectivity index (χ0n) is 6.71. The number of hydrogen-bond acceptors (Lipinski definition) is 1. The molecule has 0 saturated heterocycles. The molecule has 1 rings (SSSR count). The van der Waals surface area contributed by atoms with Gasteiger partial charge in [0.15, 0.2) is 0 Å². The summed E-state index contributed by atoms with van der Waals surface area (Å²) in [4.78, 5) is 10.5. The maximum absolute atomic E-state index is 10.5. The van der Waals surface area contributed by atoms with Crippen molar-refractivity contribution in [2.45, 2.75) is 19.8 Å². The topological polar surface area (TPSA) is 43.1 Å². The highest BCUT2D eigenvalue weighted by Gasteiger charge is 2.05. The molecule has 0 fully saturated rings. The van der Waals surface area contributed by atoms with Crippen LogP contribution in [0.2, 0.25) is 0 Å². The summed E-state index contributed by atoms with van der Waals surface area (Å²) < 4.78 is 0. The molecule has 2 heteroatoms. The van der Waals surface area contributed by atoms with Crippen molar-refractivity contribution in [3.8, 4) is 0 Å². The molecular weight excluding hydrogens is 138 g/mol. The Hall–Kier alpha value is -1.05. The Balaban J connectivity index is 2.57. The van der Waals surface area contributed by atoms with E-state index in [0.717, 1.165) is 12.0 Å². The van der Waals surface area contributed by atoms with E-state index in [0.29, 0.717) is 12.3 Å². The first kappa shape index (κ1) is 8.05. The van der Waals surface area contributed by atoms with Crippen molar-refractivity contribution in [3.63, 3.8) is 0 Å². The van der Waals surface area contributed by atoms with Gasteiger partial charge in [-0.05, 0) is 17.9 Å². The summed E-state index contributed by atoms with van der Waals surface area (Å²) in [6.45, 7) is 2.13. The van der Waals surface area contributed by atoms with E-state index in [2.05, 4.69) is 19.1 Å². The van der Waals surface area contributed by atoms with Crippen molar-refractivity contribution in [3.05, 3.63) is 23.8 Å². The third-order valence-electron chi connectivity index (χ3n) is 1.72. The van der Waals surface area contributed by atoms with Crippen LogP contribution in [0, 0.1) is 5.92 Å². The third-order valence-corrected chi connectivity index (χ3v) is 1.72. The van der Waals surface area contributed by atoms with E-state index in [1.165, 1.54) is 0 Å². The first-order valence-electron chi connectivity index (χ1n) is 3.84. The van der Waals surface area contributed by atoms with E-state index in [9.17, 15) is 4.79 Å². The van der Waals surface area contributed by atoms with Gasteiger partial charge in [-0.25, -0.2) is 0 Å². The minimum Gasteiger partial charge on any atom is -0.369 e. The van der Waals surface area contributed by atoms with Gasteiger partial charge in [0, 0.05) is 0 Å². The van der Waals surface area contributed by atoms with Crippen molar-refractivity contribution in [2.75, 3.05) is 0 Å². The van der Waals surface area contributed by atoms with Gasteiger partial charge in [-0.3, -0.25) is 4.79 Å². The van der Waals surface area contributed by atoms with Crippen LogP contribution in [0.5, 0.6) is 0 Å². The summed E-state index contributed by atoms with van der Waals surface area (Å²) in [5.41, 5.74) is 6.11. The number of allylic oxidation sites excluding steroid dienone is 3. The monoisotopic (exact) mass is 151 g/mol. The Morgan fingerprint density at radius 1 is 1.82 bits per heavy atom. The summed E-state index contributed by atoms with van der Waals surface area (Å²) >= 11 is 0. The molecule has 1 atom stereocenters. The maximum Gasteiger partial charge on any atom is 0.221 e. The van der Waals surface area contributed by atoms with Crippen molar-refractivity contribution >= 4 is 5.91 Å². The Labute approximate surface area is 66.8 Å². The lowest BCUT2D eigenvalue weighted by molar-refractivity contribution is -0.117. The van der Waals surface area contributed by atoms with E-state index in [1.54, 1.807) is 0 Å². The number of carbonyl (C=O) groups excluding carboxylic acids is 1. The molecule has 0 aromatic rings. The van der Waals surface area contributed by atoms with Crippen LogP contribution in [-0.2, 0) is 4.79 Å². The van der Waals surface area contributed by atoms with Gasteiger partial charge in [0.05, 0.1) is 6.42 Å². The highest BCUT2D eigenvalue weighted by molar-refractivity contribution is 5.77. The van der Waals surface area contributed by atoms with Gasteiger partial charge in [0.25, 0.3) is 0 Å². The first-order chi connectivity index (χ1) is 5.18. The Morgan fingerprint density at radius 3 is 3.09 bits per heavy atom. The minimum absolute atomic E-state index is 0.255. The zero-order chi connectivity index (χ0) is 8.27. The quantitative estimate of drug-likeness (QED) is 0.636. The lowest BCUT2D eigenvalue weighted by Crippen LogP contribution is -2.11. The number of carbonyl (C=O) groups is 1. The molecule has 0 bridgehead atoms. The average molecular weight is 151 g/mol. The van der Waals surface area contributed by atoms with Gasteiger partial charge >= 0.3 is 0 Å². The molecule has 0 aromatic carbocycles. The van der Waals surface area contributed by atoms with Crippen molar-refractivity contribution in [1.82, 2.24) is 0 Å². The van der Waals surface area contributed by atoms with Crippen molar-refractivity contribution < 1.29 is 4.79 Å². The molecule has 11 heavy (non-hydrogen) atoms. The number of amides is 1. The maximum atomic E-state index is 10.5. The van der Waals surface area contributed by atoms with E-state index >= 15 is 0 Å². The Bertz CT molecular complexity index is 216. The van der Waals surface area contributed by atoms with E-state index in [-0.39, 0.29) is 5.91 Å².